The maximum atomic E-state index is 12.7. The number of carbonyl (C=O) groups excluding carboxylic acids is 1. The SMILES string of the molecule is COCCNc1nc(Nc2cccc(CN3CCN(C(=O)O)CC3)c2)nc(NC(Cc2ccc(C#N)cc2)C(=O)OC)n1. The molecular weight excluding hydrogens is 554 g/mol. The summed E-state index contributed by atoms with van der Waals surface area (Å²) in [6, 6.07) is 16.0. The Morgan fingerprint density at radius 1 is 1.00 bits per heavy atom. The van der Waals surface area contributed by atoms with Crippen LogP contribution < -0.4 is 16.0 Å². The van der Waals surface area contributed by atoms with Gasteiger partial charge in [0, 0.05) is 58.5 Å². The normalized spacial score (nSPS) is 13.9. The van der Waals surface area contributed by atoms with Crippen LogP contribution in [0.5, 0.6) is 0 Å². The predicted molar refractivity (Wildman–Crippen MR) is 159 cm³/mol. The van der Waals surface area contributed by atoms with Gasteiger partial charge in [-0.2, -0.15) is 20.2 Å². The van der Waals surface area contributed by atoms with Crippen molar-refractivity contribution in [2.75, 3.05) is 69.5 Å². The standard InChI is InChI=1S/C29H35N9O5/c1-42-15-10-31-26-34-27(32-23-5-3-4-22(16-23)19-37-11-13-38(14-12-37)29(40)41)36-28(35-26)33-24(25(39)43-2)17-20-6-8-21(18-30)9-7-20/h3-9,16,24H,10-15,17,19H2,1-2H3,(H,40,41)(H3,31,32,33,34,35,36). The molecule has 43 heavy (non-hydrogen) atoms. The minimum Gasteiger partial charge on any atom is -0.467 e. The maximum absolute atomic E-state index is 12.7. The molecule has 1 aliphatic rings. The number of carboxylic acid groups (broad SMARTS) is 1. The first-order valence-electron chi connectivity index (χ1n) is 13.8. The Kier molecular flexibility index (Phi) is 11.0. The van der Waals surface area contributed by atoms with Crippen LogP contribution >= 0.6 is 0 Å². The Morgan fingerprint density at radius 2 is 1.72 bits per heavy atom. The molecule has 1 fully saturated rings. The first kappa shape index (κ1) is 30.9. The van der Waals surface area contributed by atoms with Gasteiger partial charge in [-0.05, 0) is 35.4 Å². The number of ether oxygens (including phenoxy) is 2. The van der Waals surface area contributed by atoms with Gasteiger partial charge in [-0.15, -0.1) is 0 Å². The lowest BCUT2D eigenvalue weighted by Crippen LogP contribution is -2.47. The minimum absolute atomic E-state index is 0.161. The molecule has 1 aromatic heterocycles. The maximum Gasteiger partial charge on any atom is 0.407 e. The number of hydrogen-bond acceptors (Lipinski definition) is 12. The van der Waals surface area contributed by atoms with Gasteiger partial charge in [0.2, 0.25) is 17.8 Å². The number of nitriles is 1. The molecule has 0 aliphatic carbocycles. The molecule has 1 saturated heterocycles. The van der Waals surface area contributed by atoms with Gasteiger partial charge in [-0.1, -0.05) is 24.3 Å². The van der Waals surface area contributed by atoms with E-state index in [0.29, 0.717) is 51.4 Å². The van der Waals surface area contributed by atoms with Crippen LogP contribution in [0.15, 0.2) is 48.5 Å². The average Bonchev–Trinajstić information content (AvgIpc) is 3.01. The second-order valence-electron chi connectivity index (χ2n) is 9.83. The van der Waals surface area contributed by atoms with E-state index < -0.39 is 18.1 Å². The van der Waals surface area contributed by atoms with E-state index in [0.717, 1.165) is 16.8 Å². The fourth-order valence-corrected chi connectivity index (χ4v) is 4.51. The highest BCUT2D eigenvalue weighted by Crippen LogP contribution is 2.20. The van der Waals surface area contributed by atoms with Gasteiger partial charge in [0.25, 0.3) is 0 Å². The molecule has 1 amide bonds. The molecule has 4 N–H and O–H groups in total. The van der Waals surface area contributed by atoms with Crippen molar-refractivity contribution < 1.29 is 24.2 Å². The Hall–Kier alpha value is -5.00. The third kappa shape index (κ3) is 9.25. The third-order valence-corrected chi connectivity index (χ3v) is 6.77. The van der Waals surface area contributed by atoms with Crippen LogP contribution in [0.3, 0.4) is 0 Å². The van der Waals surface area contributed by atoms with Gasteiger partial charge < -0.3 is 35.4 Å². The van der Waals surface area contributed by atoms with Gasteiger partial charge in [0.15, 0.2) is 0 Å². The first-order chi connectivity index (χ1) is 20.9. The van der Waals surface area contributed by atoms with E-state index in [9.17, 15) is 14.7 Å². The van der Waals surface area contributed by atoms with Gasteiger partial charge >= 0.3 is 12.1 Å². The summed E-state index contributed by atoms with van der Waals surface area (Å²) in [5.41, 5.74) is 3.15. The summed E-state index contributed by atoms with van der Waals surface area (Å²) in [5.74, 6) is 0.206. The van der Waals surface area contributed by atoms with Crippen molar-refractivity contribution in [1.29, 1.82) is 5.26 Å². The van der Waals surface area contributed by atoms with Crippen molar-refractivity contribution in [2.45, 2.75) is 19.0 Å². The second-order valence-corrected chi connectivity index (χ2v) is 9.83. The number of nitrogens with one attached hydrogen (secondary N) is 3. The third-order valence-electron chi connectivity index (χ3n) is 6.77. The molecule has 0 radical (unpaired) electrons. The van der Waals surface area contributed by atoms with Crippen molar-refractivity contribution >= 4 is 35.6 Å². The molecule has 2 heterocycles. The molecule has 2 aromatic carbocycles. The number of nitrogens with zero attached hydrogens (tertiary/aromatic N) is 6. The zero-order chi connectivity index (χ0) is 30.6. The molecule has 1 unspecified atom stereocenters. The Bertz CT molecular complexity index is 1420. The highest BCUT2D eigenvalue weighted by Gasteiger charge is 2.23. The predicted octanol–water partition coefficient (Wildman–Crippen LogP) is 2.54. The van der Waals surface area contributed by atoms with Crippen molar-refractivity contribution in [1.82, 2.24) is 24.8 Å². The molecular formula is C29H35N9O5. The number of methoxy groups -OCH3 is 2. The zero-order valence-electron chi connectivity index (χ0n) is 24.1. The van der Waals surface area contributed by atoms with Crippen molar-refractivity contribution in [3.63, 3.8) is 0 Å². The number of esters is 1. The number of benzene rings is 2. The zero-order valence-corrected chi connectivity index (χ0v) is 24.1. The van der Waals surface area contributed by atoms with Gasteiger partial charge in [0.1, 0.15) is 6.04 Å². The highest BCUT2D eigenvalue weighted by molar-refractivity contribution is 5.79. The molecule has 0 bridgehead atoms. The fraction of sp³-hybridized carbons (Fsp3) is 0.379. The lowest BCUT2D eigenvalue weighted by molar-refractivity contribution is -0.141. The van der Waals surface area contributed by atoms with Crippen LogP contribution in [-0.4, -0.2) is 102 Å². The lowest BCUT2D eigenvalue weighted by atomic mass is 10.0. The molecule has 14 nitrogen and oxygen atoms in total. The van der Waals surface area contributed by atoms with E-state index in [1.807, 2.05) is 24.3 Å². The smallest absolute Gasteiger partial charge is 0.407 e. The van der Waals surface area contributed by atoms with Gasteiger partial charge in [-0.3, -0.25) is 4.90 Å². The first-order valence-corrected chi connectivity index (χ1v) is 13.8. The Labute approximate surface area is 249 Å². The van der Waals surface area contributed by atoms with E-state index in [-0.39, 0.29) is 24.3 Å². The summed E-state index contributed by atoms with van der Waals surface area (Å²) >= 11 is 0. The summed E-state index contributed by atoms with van der Waals surface area (Å²) in [6.45, 7) is 3.83. The molecule has 3 aromatic rings. The quantitative estimate of drug-likeness (QED) is 0.169. The van der Waals surface area contributed by atoms with Crippen molar-refractivity contribution in [2.24, 2.45) is 0 Å². The summed E-state index contributed by atoms with van der Waals surface area (Å²) in [5, 5.41) is 27.7. The summed E-state index contributed by atoms with van der Waals surface area (Å²) in [7, 11) is 2.91. The number of amides is 1. The van der Waals surface area contributed by atoms with Crippen LogP contribution in [0.2, 0.25) is 0 Å². The summed E-state index contributed by atoms with van der Waals surface area (Å²) in [6.07, 6.45) is -0.609. The Morgan fingerprint density at radius 3 is 2.40 bits per heavy atom. The second kappa shape index (κ2) is 15.3. The molecule has 0 saturated carbocycles. The summed E-state index contributed by atoms with van der Waals surface area (Å²) < 4.78 is 10.1. The monoisotopic (exact) mass is 589 g/mol. The summed E-state index contributed by atoms with van der Waals surface area (Å²) in [4.78, 5) is 41.0. The van der Waals surface area contributed by atoms with Crippen LogP contribution in [0.1, 0.15) is 16.7 Å². The van der Waals surface area contributed by atoms with E-state index in [1.54, 1.807) is 31.4 Å². The molecule has 14 heteroatoms. The van der Waals surface area contributed by atoms with E-state index in [4.69, 9.17) is 14.7 Å². The van der Waals surface area contributed by atoms with Crippen LogP contribution in [0.25, 0.3) is 0 Å². The molecule has 0 spiro atoms. The number of rotatable bonds is 13. The van der Waals surface area contributed by atoms with Crippen LogP contribution in [-0.2, 0) is 27.2 Å². The fourth-order valence-electron chi connectivity index (χ4n) is 4.51. The molecule has 226 valence electrons. The number of carbonyl (C=O) groups is 2. The van der Waals surface area contributed by atoms with E-state index in [2.05, 4.69) is 41.9 Å². The number of aromatic nitrogens is 3. The number of piperazine rings is 1. The highest BCUT2D eigenvalue weighted by atomic mass is 16.5. The average molecular weight is 590 g/mol. The van der Waals surface area contributed by atoms with E-state index in [1.165, 1.54) is 12.0 Å². The number of anilines is 4. The van der Waals surface area contributed by atoms with Crippen LogP contribution in [0, 0.1) is 11.3 Å². The molecule has 1 aliphatic heterocycles. The van der Waals surface area contributed by atoms with Gasteiger partial charge in [-0.25, -0.2) is 9.59 Å². The van der Waals surface area contributed by atoms with Gasteiger partial charge in [0.05, 0.1) is 25.3 Å². The molecule has 1 atom stereocenters. The number of hydrogen-bond donors (Lipinski definition) is 4. The van der Waals surface area contributed by atoms with Crippen LogP contribution in [0.4, 0.5) is 28.3 Å². The van der Waals surface area contributed by atoms with Crippen molar-refractivity contribution in [3.8, 4) is 6.07 Å². The largest absolute Gasteiger partial charge is 0.467 e. The topological polar surface area (TPSA) is 178 Å². The Balaban J connectivity index is 1.50. The van der Waals surface area contributed by atoms with Crippen molar-refractivity contribution in [3.05, 3.63) is 65.2 Å². The minimum atomic E-state index is -0.889. The van der Waals surface area contributed by atoms with E-state index >= 15 is 0 Å². The molecule has 4 rings (SSSR count). The lowest BCUT2D eigenvalue weighted by Gasteiger charge is -2.33.